The van der Waals surface area contributed by atoms with Crippen LogP contribution in [0, 0.1) is 6.92 Å². The zero-order valence-electron chi connectivity index (χ0n) is 15.0. The number of nitrogens with one attached hydrogen (secondary N) is 1. The third-order valence-electron chi connectivity index (χ3n) is 4.03. The Bertz CT molecular complexity index is 862. The number of benzene rings is 2. The first-order chi connectivity index (χ1) is 12.4. The number of carbonyl (C=O) groups is 1. The Hall–Kier alpha value is -2.66. The molecule has 1 heterocycles. The molecule has 0 radical (unpaired) electrons. The molecule has 0 saturated carbocycles. The molecule has 2 aromatic carbocycles. The van der Waals surface area contributed by atoms with E-state index in [0.29, 0.717) is 29.7 Å². The standard InChI is InChI=1S/C20H21ClN2O3/c1-13-10-15(23(2)3)5-6-17(13)22-19(24)7-4-14-11-16(21)20-18(12-14)25-8-9-26-20/h4-7,10-12H,8-9H2,1-3H3,(H,22,24). The van der Waals surface area contributed by atoms with E-state index in [1.165, 1.54) is 6.08 Å². The largest absolute Gasteiger partial charge is 0.486 e. The van der Waals surface area contributed by atoms with Crippen LogP contribution in [0.1, 0.15) is 11.1 Å². The van der Waals surface area contributed by atoms with Crippen LogP contribution in [0.4, 0.5) is 11.4 Å². The third kappa shape index (κ3) is 4.11. The molecule has 2 aromatic rings. The zero-order chi connectivity index (χ0) is 18.7. The summed E-state index contributed by atoms with van der Waals surface area (Å²) in [7, 11) is 3.96. The first-order valence-electron chi connectivity index (χ1n) is 8.30. The molecule has 0 unspecified atom stereocenters. The summed E-state index contributed by atoms with van der Waals surface area (Å²) in [4.78, 5) is 14.3. The predicted molar refractivity (Wildman–Crippen MR) is 106 cm³/mol. The second-order valence-corrected chi connectivity index (χ2v) is 6.65. The Kier molecular flexibility index (Phi) is 5.38. The molecule has 6 heteroatoms. The van der Waals surface area contributed by atoms with Crippen molar-refractivity contribution in [1.82, 2.24) is 0 Å². The Labute approximate surface area is 158 Å². The SMILES string of the molecule is Cc1cc(N(C)C)ccc1NC(=O)C=Cc1cc(Cl)c2c(c1)OCCO2. The molecule has 0 spiro atoms. The van der Waals surface area contributed by atoms with E-state index in [1.54, 1.807) is 18.2 Å². The lowest BCUT2D eigenvalue weighted by Crippen LogP contribution is -2.15. The van der Waals surface area contributed by atoms with E-state index >= 15 is 0 Å². The van der Waals surface area contributed by atoms with Crippen LogP contribution in [-0.2, 0) is 4.79 Å². The highest BCUT2D eigenvalue weighted by molar-refractivity contribution is 6.32. The summed E-state index contributed by atoms with van der Waals surface area (Å²) in [5.74, 6) is 0.937. The van der Waals surface area contributed by atoms with Gasteiger partial charge in [0.05, 0.1) is 5.02 Å². The van der Waals surface area contributed by atoms with Gasteiger partial charge in [-0.1, -0.05) is 11.6 Å². The van der Waals surface area contributed by atoms with E-state index in [1.807, 2.05) is 44.1 Å². The van der Waals surface area contributed by atoms with E-state index < -0.39 is 0 Å². The van der Waals surface area contributed by atoms with Gasteiger partial charge < -0.3 is 19.7 Å². The number of halogens is 1. The van der Waals surface area contributed by atoms with Gasteiger partial charge in [-0.05, 0) is 54.5 Å². The van der Waals surface area contributed by atoms with Crippen molar-refractivity contribution >= 4 is 35.0 Å². The maximum Gasteiger partial charge on any atom is 0.248 e. The molecular formula is C20H21ClN2O3. The molecule has 0 aromatic heterocycles. The fraction of sp³-hybridized carbons (Fsp3) is 0.250. The summed E-state index contributed by atoms with van der Waals surface area (Å²) in [5.41, 5.74) is 3.64. The third-order valence-corrected chi connectivity index (χ3v) is 4.31. The maximum absolute atomic E-state index is 12.2. The molecule has 0 bridgehead atoms. The van der Waals surface area contributed by atoms with Crippen molar-refractivity contribution in [2.75, 3.05) is 37.5 Å². The van der Waals surface area contributed by atoms with Gasteiger partial charge >= 0.3 is 0 Å². The van der Waals surface area contributed by atoms with E-state index in [-0.39, 0.29) is 5.91 Å². The number of anilines is 2. The van der Waals surface area contributed by atoms with Crippen molar-refractivity contribution in [1.29, 1.82) is 0 Å². The van der Waals surface area contributed by atoms with Crippen molar-refractivity contribution < 1.29 is 14.3 Å². The first-order valence-corrected chi connectivity index (χ1v) is 8.68. The summed E-state index contributed by atoms with van der Waals surface area (Å²) in [6.07, 6.45) is 3.17. The highest BCUT2D eigenvalue weighted by atomic mass is 35.5. The average molecular weight is 373 g/mol. The number of aryl methyl sites for hydroxylation is 1. The number of rotatable bonds is 4. The fourth-order valence-corrected chi connectivity index (χ4v) is 2.91. The van der Waals surface area contributed by atoms with Crippen molar-refractivity contribution in [2.45, 2.75) is 6.92 Å². The highest BCUT2D eigenvalue weighted by Crippen LogP contribution is 2.38. The predicted octanol–water partition coefficient (Wildman–Crippen LogP) is 4.14. The number of ether oxygens (including phenoxy) is 2. The topological polar surface area (TPSA) is 50.8 Å². The van der Waals surface area contributed by atoms with E-state index in [9.17, 15) is 4.79 Å². The number of carbonyl (C=O) groups excluding carboxylic acids is 1. The molecule has 0 fully saturated rings. The van der Waals surface area contributed by atoms with Crippen LogP contribution in [0.3, 0.4) is 0 Å². The Morgan fingerprint density at radius 1 is 1.19 bits per heavy atom. The minimum atomic E-state index is -0.211. The van der Waals surface area contributed by atoms with Crippen LogP contribution in [0.15, 0.2) is 36.4 Å². The Balaban J connectivity index is 1.71. The van der Waals surface area contributed by atoms with Crippen molar-refractivity contribution in [2.24, 2.45) is 0 Å². The summed E-state index contributed by atoms with van der Waals surface area (Å²) in [6, 6.07) is 9.45. The smallest absolute Gasteiger partial charge is 0.248 e. The lowest BCUT2D eigenvalue weighted by atomic mass is 10.1. The number of nitrogens with zero attached hydrogens (tertiary/aromatic N) is 1. The average Bonchev–Trinajstić information content (AvgIpc) is 2.61. The van der Waals surface area contributed by atoms with Crippen molar-refractivity contribution in [3.05, 3.63) is 52.6 Å². The monoisotopic (exact) mass is 372 g/mol. The van der Waals surface area contributed by atoms with Crippen LogP contribution >= 0.6 is 11.6 Å². The summed E-state index contributed by atoms with van der Waals surface area (Å²) < 4.78 is 11.0. The molecule has 1 amide bonds. The Morgan fingerprint density at radius 3 is 2.69 bits per heavy atom. The van der Waals surface area contributed by atoms with Gasteiger partial charge in [-0.15, -0.1) is 0 Å². The highest BCUT2D eigenvalue weighted by Gasteiger charge is 2.16. The minimum absolute atomic E-state index is 0.211. The van der Waals surface area contributed by atoms with Crippen LogP contribution in [0.5, 0.6) is 11.5 Å². The van der Waals surface area contributed by atoms with Crippen LogP contribution in [0.2, 0.25) is 5.02 Å². The lowest BCUT2D eigenvalue weighted by molar-refractivity contribution is -0.111. The molecule has 0 aliphatic carbocycles. The zero-order valence-corrected chi connectivity index (χ0v) is 15.8. The molecular weight excluding hydrogens is 352 g/mol. The molecule has 5 nitrogen and oxygen atoms in total. The lowest BCUT2D eigenvalue weighted by Gasteiger charge is -2.19. The van der Waals surface area contributed by atoms with Gasteiger partial charge in [0.2, 0.25) is 5.91 Å². The number of hydrogen-bond donors (Lipinski definition) is 1. The fourth-order valence-electron chi connectivity index (χ4n) is 2.64. The van der Waals surface area contributed by atoms with Crippen molar-refractivity contribution in [3.63, 3.8) is 0 Å². The number of hydrogen-bond acceptors (Lipinski definition) is 4. The van der Waals surface area contributed by atoms with Gasteiger partial charge in [0.1, 0.15) is 13.2 Å². The van der Waals surface area contributed by atoms with E-state index in [0.717, 1.165) is 22.5 Å². The van der Waals surface area contributed by atoms with Gasteiger partial charge in [-0.3, -0.25) is 4.79 Å². The molecule has 1 aliphatic heterocycles. The minimum Gasteiger partial charge on any atom is -0.486 e. The molecule has 1 aliphatic rings. The normalized spacial score (nSPS) is 12.9. The van der Waals surface area contributed by atoms with Gasteiger partial charge in [-0.25, -0.2) is 0 Å². The van der Waals surface area contributed by atoms with Gasteiger partial charge in [0.25, 0.3) is 0 Å². The quantitative estimate of drug-likeness (QED) is 0.819. The molecule has 3 rings (SSSR count). The van der Waals surface area contributed by atoms with Crippen LogP contribution in [0.25, 0.3) is 6.08 Å². The van der Waals surface area contributed by atoms with Gasteiger partial charge in [0.15, 0.2) is 11.5 Å². The molecule has 26 heavy (non-hydrogen) atoms. The van der Waals surface area contributed by atoms with Gasteiger partial charge in [0, 0.05) is 31.5 Å². The van der Waals surface area contributed by atoms with Crippen LogP contribution < -0.4 is 19.7 Å². The van der Waals surface area contributed by atoms with E-state index in [4.69, 9.17) is 21.1 Å². The molecule has 1 N–H and O–H groups in total. The van der Waals surface area contributed by atoms with E-state index in [2.05, 4.69) is 5.32 Å². The first kappa shape index (κ1) is 18.1. The van der Waals surface area contributed by atoms with Crippen LogP contribution in [-0.4, -0.2) is 33.2 Å². The maximum atomic E-state index is 12.2. The summed E-state index contributed by atoms with van der Waals surface area (Å²) in [6.45, 7) is 2.93. The summed E-state index contributed by atoms with van der Waals surface area (Å²) >= 11 is 6.21. The number of amides is 1. The number of fused-ring (bicyclic) bond motifs is 1. The second kappa shape index (κ2) is 7.70. The molecule has 0 saturated heterocycles. The molecule has 0 atom stereocenters. The summed E-state index contributed by atoms with van der Waals surface area (Å²) in [5, 5.41) is 3.36. The van der Waals surface area contributed by atoms with Gasteiger partial charge in [-0.2, -0.15) is 0 Å². The second-order valence-electron chi connectivity index (χ2n) is 6.24. The molecule has 136 valence electrons. The van der Waals surface area contributed by atoms with Crippen molar-refractivity contribution in [3.8, 4) is 11.5 Å². The Morgan fingerprint density at radius 2 is 1.96 bits per heavy atom.